The zero-order valence-electron chi connectivity index (χ0n) is 6.89. The summed E-state index contributed by atoms with van der Waals surface area (Å²) in [6.45, 7) is 2.38. The maximum Gasteiger partial charge on any atom is 0.322 e. The van der Waals surface area contributed by atoms with E-state index in [2.05, 4.69) is 16.0 Å². The van der Waals surface area contributed by atoms with Crippen molar-refractivity contribution < 1.29 is 9.53 Å². The molecule has 0 amide bonds. The number of carbonyl (C=O) groups is 1. The van der Waals surface area contributed by atoms with Gasteiger partial charge in [-0.15, -0.1) is 12.3 Å². The second-order valence-electron chi connectivity index (χ2n) is 2.15. The van der Waals surface area contributed by atoms with Gasteiger partial charge in [0.15, 0.2) is 0 Å². The van der Waals surface area contributed by atoms with Gasteiger partial charge in [-0.25, -0.2) is 0 Å². The Morgan fingerprint density at radius 3 is 2.91 bits per heavy atom. The summed E-state index contributed by atoms with van der Waals surface area (Å²) < 4.78 is 4.49. The number of methoxy groups -OCH3 is 1. The molecule has 0 saturated heterocycles. The second-order valence-corrected chi connectivity index (χ2v) is 2.15. The molecular formula is C8H13NO2. The van der Waals surface area contributed by atoms with Crippen LogP contribution >= 0.6 is 0 Å². The molecule has 0 heterocycles. The number of terminal acetylenes is 1. The number of carbonyl (C=O) groups excluding carboxylic acids is 1. The lowest BCUT2D eigenvalue weighted by atomic mass is 10.3. The van der Waals surface area contributed by atoms with Gasteiger partial charge in [-0.2, -0.15) is 0 Å². The highest BCUT2D eigenvalue weighted by Crippen LogP contribution is 1.85. The van der Waals surface area contributed by atoms with Crippen LogP contribution in [0, 0.1) is 12.3 Å². The van der Waals surface area contributed by atoms with E-state index >= 15 is 0 Å². The highest BCUT2D eigenvalue weighted by Gasteiger charge is 2.10. The van der Waals surface area contributed by atoms with Crippen molar-refractivity contribution in [1.29, 1.82) is 0 Å². The summed E-state index contributed by atoms with van der Waals surface area (Å²) in [4.78, 5) is 10.8. The van der Waals surface area contributed by atoms with E-state index in [1.54, 1.807) is 6.92 Å². The van der Waals surface area contributed by atoms with Gasteiger partial charge in [-0.1, -0.05) is 0 Å². The van der Waals surface area contributed by atoms with Gasteiger partial charge in [-0.3, -0.25) is 4.79 Å². The van der Waals surface area contributed by atoms with Gasteiger partial charge in [0.2, 0.25) is 0 Å². The van der Waals surface area contributed by atoms with Gasteiger partial charge in [0, 0.05) is 13.0 Å². The molecule has 0 rings (SSSR count). The van der Waals surface area contributed by atoms with Crippen LogP contribution in [0.15, 0.2) is 0 Å². The van der Waals surface area contributed by atoms with Gasteiger partial charge in [0.25, 0.3) is 0 Å². The van der Waals surface area contributed by atoms with Crippen LogP contribution in [0.25, 0.3) is 0 Å². The zero-order chi connectivity index (χ0) is 8.69. The predicted molar refractivity (Wildman–Crippen MR) is 42.9 cm³/mol. The van der Waals surface area contributed by atoms with Crippen molar-refractivity contribution in [2.75, 3.05) is 13.7 Å². The SMILES string of the molecule is C#CCCNC(C)C(=O)OC. The summed E-state index contributed by atoms with van der Waals surface area (Å²) in [7, 11) is 1.36. The monoisotopic (exact) mass is 155 g/mol. The average molecular weight is 155 g/mol. The Morgan fingerprint density at radius 2 is 2.45 bits per heavy atom. The number of hydrogen-bond donors (Lipinski definition) is 1. The number of hydrogen-bond acceptors (Lipinski definition) is 3. The molecule has 0 radical (unpaired) electrons. The Balaban J connectivity index is 3.45. The maximum atomic E-state index is 10.8. The fourth-order valence-corrected chi connectivity index (χ4v) is 0.621. The summed E-state index contributed by atoms with van der Waals surface area (Å²) in [5.41, 5.74) is 0. The maximum absolute atomic E-state index is 10.8. The lowest BCUT2D eigenvalue weighted by Crippen LogP contribution is -2.35. The summed E-state index contributed by atoms with van der Waals surface area (Å²) in [5.74, 6) is 2.20. The number of ether oxygens (including phenoxy) is 1. The highest BCUT2D eigenvalue weighted by atomic mass is 16.5. The molecule has 11 heavy (non-hydrogen) atoms. The molecular weight excluding hydrogens is 142 g/mol. The van der Waals surface area contributed by atoms with Crippen LogP contribution in [0.5, 0.6) is 0 Å². The van der Waals surface area contributed by atoms with Crippen molar-refractivity contribution in [2.45, 2.75) is 19.4 Å². The normalized spacial score (nSPS) is 11.7. The lowest BCUT2D eigenvalue weighted by molar-refractivity contribution is -0.142. The van der Waals surface area contributed by atoms with Gasteiger partial charge >= 0.3 is 5.97 Å². The summed E-state index contributed by atoms with van der Waals surface area (Å²) in [5, 5.41) is 2.92. The molecule has 0 aromatic heterocycles. The Labute approximate surface area is 67.1 Å². The molecule has 1 atom stereocenters. The molecule has 3 nitrogen and oxygen atoms in total. The average Bonchev–Trinajstić information content (AvgIpc) is 2.03. The van der Waals surface area contributed by atoms with Gasteiger partial charge < -0.3 is 10.1 Å². The Hall–Kier alpha value is -1.01. The molecule has 0 saturated carbocycles. The minimum atomic E-state index is -0.270. The minimum absolute atomic E-state index is 0.262. The third-order valence-electron chi connectivity index (χ3n) is 1.27. The molecule has 0 fully saturated rings. The van der Waals surface area contributed by atoms with Crippen molar-refractivity contribution >= 4 is 5.97 Å². The number of esters is 1. The summed E-state index contributed by atoms with van der Waals surface area (Å²) >= 11 is 0. The fraction of sp³-hybridized carbons (Fsp3) is 0.625. The molecule has 0 aliphatic heterocycles. The largest absolute Gasteiger partial charge is 0.468 e. The topological polar surface area (TPSA) is 38.3 Å². The first kappa shape index (κ1) is 9.99. The Kier molecular flexibility index (Phi) is 5.22. The van der Waals surface area contributed by atoms with Crippen molar-refractivity contribution in [3.8, 4) is 12.3 Å². The van der Waals surface area contributed by atoms with Gasteiger partial charge in [0.05, 0.1) is 7.11 Å². The Morgan fingerprint density at radius 1 is 1.82 bits per heavy atom. The smallest absolute Gasteiger partial charge is 0.322 e. The van der Waals surface area contributed by atoms with Crippen molar-refractivity contribution in [2.24, 2.45) is 0 Å². The second kappa shape index (κ2) is 5.75. The van der Waals surface area contributed by atoms with E-state index in [4.69, 9.17) is 6.42 Å². The molecule has 0 bridgehead atoms. The third-order valence-corrected chi connectivity index (χ3v) is 1.27. The first-order chi connectivity index (χ1) is 5.22. The molecule has 1 unspecified atom stereocenters. The number of rotatable bonds is 4. The van der Waals surface area contributed by atoms with Crippen LogP contribution in [-0.4, -0.2) is 25.7 Å². The van der Waals surface area contributed by atoms with Crippen LogP contribution in [-0.2, 0) is 9.53 Å². The first-order valence-corrected chi connectivity index (χ1v) is 3.47. The predicted octanol–water partition coefficient (Wildman–Crippen LogP) is 0.161. The zero-order valence-corrected chi connectivity index (χ0v) is 6.89. The third kappa shape index (κ3) is 4.40. The van der Waals surface area contributed by atoms with Crippen LogP contribution in [0.3, 0.4) is 0 Å². The molecule has 0 aliphatic carbocycles. The van der Waals surface area contributed by atoms with E-state index in [0.29, 0.717) is 13.0 Å². The minimum Gasteiger partial charge on any atom is -0.468 e. The highest BCUT2D eigenvalue weighted by molar-refractivity contribution is 5.74. The van der Waals surface area contributed by atoms with Crippen molar-refractivity contribution in [1.82, 2.24) is 5.32 Å². The van der Waals surface area contributed by atoms with E-state index in [1.807, 2.05) is 0 Å². The van der Waals surface area contributed by atoms with E-state index in [-0.39, 0.29) is 12.0 Å². The summed E-state index contributed by atoms with van der Waals surface area (Å²) in [6.07, 6.45) is 5.64. The van der Waals surface area contributed by atoms with Crippen LogP contribution in [0.2, 0.25) is 0 Å². The van der Waals surface area contributed by atoms with Crippen LogP contribution in [0.1, 0.15) is 13.3 Å². The molecule has 0 spiro atoms. The molecule has 62 valence electrons. The van der Waals surface area contributed by atoms with Crippen LogP contribution < -0.4 is 5.32 Å². The van der Waals surface area contributed by atoms with Crippen molar-refractivity contribution in [3.63, 3.8) is 0 Å². The molecule has 1 N–H and O–H groups in total. The quantitative estimate of drug-likeness (QED) is 0.357. The standard InChI is InChI=1S/C8H13NO2/c1-4-5-6-9-7(2)8(10)11-3/h1,7,9H,5-6H2,2-3H3. The molecule has 0 aliphatic rings. The Bertz CT molecular complexity index is 160. The lowest BCUT2D eigenvalue weighted by Gasteiger charge is -2.09. The fourth-order valence-electron chi connectivity index (χ4n) is 0.621. The number of nitrogens with one attached hydrogen (secondary N) is 1. The van der Waals surface area contributed by atoms with E-state index < -0.39 is 0 Å². The van der Waals surface area contributed by atoms with Gasteiger partial charge in [0.1, 0.15) is 6.04 Å². The summed E-state index contributed by atoms with van der Waals surface area (Å²) in [6, 6.07) is -0.270. The van der Waals surface area contributed by atoms with Gasteiger partial charge in [-0.05, 0) is 6.92 Å². The van der Waals surface area contributed by atoms with Crippen LogP contribution in [0.4, 0.5) is 0 Å². The van der Waals surface area contributed by atoms with Crippen molar-refractivity contribution in [3.05, 3.63) is 0 Å². The van der Waals surface area contributed by atoms with E-state index in [0.717, 1.165) is 0 Å². The molecule has 3 heteroatoms. The van der Waals surface area contributed by atoms with E-state index in [1.165, 1.54) is 7.11 Å². The van der Waals surface area contributed by atoms with E-state index in [9.17, 15) is 4.79 Å². The molecule has 0 aromatic rings. The first-order valence-electron chi connectivity index (χ1n) is 3.47. The molecule has 0 aromatic carbocycles.